The van der Waals surface area contributed by atoms with Crippen LogP contribution in [0.1, 0.15) is 32.0 Å². The molecule has 0 aliphatic carbocycles. The molecule has 0 aromatic carbocycles. The third kappa shape index (κ3) is 3.00. The van der Waals surface area contributed by atoms with E-state index in [-0.39, 0.29) is 5.41 Å². The van der Waals surface area contributed by atoms with E-state index in [1.54, 1.807) is 0 Å². The van der Waals surface area contributed by atoms with Crippen molar-refractivity contribution in [2.75, 3.05) is 31.2 Å². The number of rotatable bonds is 2. The summed E-state index contributed by atoms with van der Waals surface area (Å²) in [6, 6.07) is 4.21. The summed E-state index contributed by atoms with van der Waals surface area (Å²) in [5.74, 6) is 1.03. The first-order valence-electron chi connectivity index (χ1n) is 6.55. The fourth-order valence-corrected chi connectivity index (χ4v) is 2.03. The summed E-state index contributed by atoms with van der Waals surface area (Å²) in [7, 11) is 0. The third-order valence-electron chi connectivity index (χ3n) is 3.21. The molecule has 2 rings (SSSR count). The lowest BCUT2D eigenvalue weighted by Gasteiger charge is -2.30. The second-order valence-electron chi connectivity index (χ2n) is 5.77. The molecular weight excluding hydrogens is 226 g/mol. The van der Waals surface area contributed by atoms with Crippen molar-refractivity contribution in [2.24, 2.45) is 5.73 Å². The van der Waals surface area contributed by atoms with Gasteiger partial charge in [0.05, 0.1) is 13.2 Å². The van der Waals surface area contributed by atoms with E-state index in [9.17, 15) is 0 Å². The van der Waals surface area contributed by atoms with Crippen molar-refractivity contribution in [1.82, 2.24) is 4.98 Å². The topological polar surface area (TPSA) is 51.4 Å². The van der Waals surface area contributed by atoms with Crippen molar-refractivity contribution in [3.63, 3.8) is 0 Å². The minimum absolute atomic E-state index is 0.0478. The molecule has 0 radical (unpaired) electrons. The van der Waals surface area contributed by atoms with Crippen molar-refractivity contribution in [1.29, 1.82) is 0 Å². The van der Waals surface area contributed by atoms with Crippen LogP contribution in [0.2, 0.25) is 0 Å². The zero-order valence-electron chi connectivity index (χ0n) is 11.6. The Morgan fingerprint density at radius 3 is 2.50 bits per heavy atom. The first kappa shape index (κ1) is 13.3. The van der Waals surface area contributed by atoms with E-state index >= 15 is 0 Å². The van der Waals surface area contributed by atoms with Crippen LogP contribution in [0, 0.1) is 0 Å². The number of anilines is 1. The van der Waals surface area contributed by atoms with Crippen LogP contribution in [0.25, 0.3) is 0 Å². The van der Waals surface area contributed by atoms with Gasteiger partial charge in [0.25, 0.3) is 0 Å². The molecule has 2 heterocycles. The summed E-state index contributed by atoms with van der Waals surface area (Å²) in [5.41, 5.74) is 8.09. The van der Waals surface area contributed by atoms with Gasteiger partial charge in [0.2, 0.25) is 0 Å². The third-order valence-corrected chi connectivity index (χ3v) is 3.21. The van der Waals surface area contributed by atoms with Gasteiger partial charge in [-0.15, -0.1) is 0 Å². The zero-order chi connectivity index (χ0) is 13.2. The highest BCUT2D eigenvalue weighted by atomic mass is 16.5. The Labute approximate surface area is 109 Å². The van der Waals surface area contributed by atoms with Gasteiger partial charge in [-0.2, -0.15) is 0 Å². The zero-order valence-corrected chi connectivity index (χ0v) is 11.6. The molecular formula is C14H23N3O. The molecule has 2 N–H and O–H groups in total. The highest BCUT2D eigenvalue weighted by molar-refractivity contribution is 5.44. The maximum absolute atomic E-state index is 5.79. The van der Waals surface area contributed by atoms with Crippen LogP contribution in [-0.2, 0) is 16.7 Å². The number of pyridine rings is 1. The number of nitrogens with two attached hydrogens (primary N) is 1. The maximum Gasteiger partial charge on any atom is 0.129 e. The van der Waals surface area contributed by atoms with Crippen molar-refractivity contribution >= 4 is 5.82 Å². The van der Waals surface area contributed by atoms with E-state index in [4.69, 9.17) is 15.5 Å². The molecule has 0 atom stereocenters. The fraction of sp³-hybridized carbons (Fsp3) is 0.643. The second-order valence-corrected chi connectivity index (χ2v) is 5.77. The molecule has 0 saturated carbocycles. The van der Waals surface area contributed by atoms with Crippen LogP contribution in [0.4, 0.5) is 5.82 Å². The molecule has 0 unspecified atom stereocenters. The molecule has 1 fully saturated rings. The van der Waals surface area contributed by atoms with Crippen LogP contribution in [-0.4, -0.2) is 31.3 Å². The predicted octanol–water partition coefficient (Wildman–Crippen LogP) is 1.67. The molecule has 1 aromatic heterocycles. The normalized spacial score (nSPS) is 17.0. The summed E-state index contributed by atoms with van der Waals surface area (Å²) in [5, 5.41) is 0. The van der Waals surface area contributed by atoms with Crippen LogP contribution in [0.15, 0.2) is 12.1 Å². The molecule has 1 aliphatic rings. The van der Waals surface area contributed by atoms with Gasteiger partial charge < -0.3 is 15.4 Å². The summed E-state index contributed by atoms with van der Waals surface area (Å²) in [6.45, 7) is 10.5. The Hall–Kier alpha value is -1.13. The van der Waals surface area contributed by atoms with Gasteiger partial charge in [-0.1, -0.05) is 20.8 Å². The molecule has 0 bridgehead atoms. The van der Waals surface area contributed by atoms with Gasteiger partial charge in [0.15, 0.2) is 0 Å². The lowest BCUT2D eigenvalue weighted by molar-refractivity contribution is 0.122. The van der Waals surface area contributed by atoms with Crippen LogP contribution in [0.5, 0.6) is 0 Å². The van der Waals surface area contributed by atoms with Gasteiger partial charge >= 0.3 is 0 Å². The van der Waals surface area contributed by atoms with E-state index < -0.39 is 0 Å². The van der Waals surface area contributed by atoms with E-state index in [1.807, 2.05) is 0 Å². The Kier molecular flexibility index (Phi) is 3.88. The minimum Gasteiger partial charge on any atom is -0.378 e. The summed E-state index contributed by atoms with van der Waals surface area (Å²) < 4.78 is 5.38. The lowest BCUT2D eigenvalue weighted by atomic mass is 9.90. The highest BCUT2D eigenvalue weighted by Gasteiger charge is 2.19. The smallest absolute Gasteiger partial charge is 0.129 e. The Morgan fingerprint density at radius 2 is 1.94 bits per heavy atom. The number of ether oxygens (including phenoxy) is 1. The quantitative estimate of drug-likeness (QED) is 0.866. The minimum atomic E-state index is 0.0478. The number of hydrogen-bond donors (Lipinski definition) is 1. The van der Waals surface area contributed by atoms with E-state index in [0.717, 1.165) is 43.4 Å². The largest absolute Gasteiger partial charge is 0.378 e. The monoisotopic (exact) mass is 249 g/mol. The molecule has 4 nitrogen and oxygen atoms in total. The molecule has 100 valence electrons. The molecule has 1 aromatic rings. The average Bonchev–Trinajstić information content (AvgIpc) is 2.38. The SMILES string of the molecule is CC(C)(C)c1cc(CN)cc(N2CCOCC2)n1. The first-order chi connectivity index (χ1) is 8.50. The van der Waals surface area contributed by atoms with Crippen molar-refractivity contribution in [3.8, 4) is 0 Å². The van der Waals surface area contributed by atoms with Crippen molar-refractivity contribution in [3.05, 3.63) is 23.4 Å². The molecule has 0 spiro atoms. The van der Waals surface area contributed by atoms with Gasteiger partial charge in [-0.3, -0.25) is 0 Å². The Morgan fingerprint density at radius 1 is 1.28 bits per heavy atom. The molecule has 0 amide bonds. The van der Waals surface area contributed by atoms with Crippen LogP contribution >= 0.6 is 0 Å². The summed E-state index contributed by atoms with van der Waals surface area (Å²) in [6.07, 6.45) is 0. The highest BCUT2D eigenvalue weighted by Crippen LogP contribution is 2.25. The van der Waals surface area contributed by atoms with E-state index in [0.29, 0.717) is 6.54 Å². The maximum atomic E-state index is 5.79. The standard InChI is InChI=1S/C14H23N3O/c1-14(2,3)12-8-11(10-15)9-13(16-12)17-4-6-18-7-5-17/h8-9H,4-7,10,15H2,1-3H3. The van der Waals surface area contributed by atoms with Gasteiger partial charge in [-0.05, 0) is 17.7 Å². The van der Waals surface area contributed by atoms with Crippen LogP contribution in [0.3, 0.4) is 0 Å². The molecule has 18 heavy (non-hydrogen) atoms. The molecule has 1 aliphatic heterocycles. The van der Waals surface area contributed by atoms with Gasteiger partial charge in [0.1, 0.15) is 5.82 Å². The summed E-state index contributed by atoms with van der Waals surface area (Å²) >= 11 is 0. The van der Waals surface area contributed by atoms with E-state index in [2.05, 4.69) is 37.8 Å². The van der Waals surface area contributed by atoms with Gasteiger partial charge in [-0.25, -0.2) is 4.98 Å². The first-order valence-corrected chi connectivity index (χ1v) is 6.55. The fourth-order valence-electron chi connectivity index (χ4n) is 2.03. The number of nitrogens with zero attached hydrogens (tertiary/aromatic N) is 2. The number of hydrogen-bond acceptors (Lipinski definition) is 4. The number of aromatic nitrogens is 1. The van der Waals surface area contributed by atoms with Crippen molar-refractivity contribution < 1.29 is 4.74 Å². The second kappa shape index (κ2) is 5.24. The molecule has 1 saturated heterocycles. The Bertz CT molecular complexity index is 406. The average molecular weight is 249 g/mol. The lowest BCUT2D eigenvalue weighted by Crippen LogP contribution is -2.37. The van der Waals surface area contributed by atoms with Crippen molar-refractivity contribution in [2.45, 2.75) is 32.7 Å². The molecule has 4 heteroatoms. The number of morpholine rings is 1. The Balaban J connectivity index is 2.34. The summed E-state index contributed by atoms with van der Waals surface area (Å²) in [4.78, 5) is 7.07. The predicted molar refractivity (Wildman–Crippen MR) is 73.9 cm³/mol. The van der Waals surface area contributed by atoms with Crippen LogP contribution < -0.4 is 10.6 Å². The van der Waals surface area contributed by atoms with E-state index in [1.165, 1.54) is 0 Å². The van der Waals surface area contributed by atoms with Gasteiger partial charge in [0, 0.05) is 30.7 Å².